The number of hydrogen-bond acceptors (Lipinski definition) is 2. The van der Waals surface area contributed by atoms with Crippen molar-refractivity contribution in [1.29, 1.82) is 0 Å². The van der Waals surface area contributed by atoms with Crippen molar-refractivity contribution in [2.75, 3.05) is 20.6 Å². The van der Waals surface area contributed by atoms with E-state index < -0.39 is 12.1 Å². The minimum Gasteiger partial charge on any atom is -0.346 e. The number of carbonyl (C=O) groups is 1. The number of nitrogens with one attached hydrogen (secondary N) is 1. The molecule has 100 valence electrons. The number of nitrogens with zero attached hydrogens (tertiary/aromatic N) is 1. The molecule has 0 bridgehead atoms. The van der Waals surface area contributed by atoms with Crippen LogP contribution in [0.15, 0.2) is 0 Å². The van der Waals surface area contributed by atoms with Crippen molar-refractivity contribution in [2.45, 2.75) is 43.8 Å². The average molecular weight is 252 g/mol. The molecule has 1 saturated carbocycles. The fraction of sp³-hybridized carbons (Fsp3) is 0.909. The quantitative estimate of drug-likeness (QED) is 0.832. The molecule has 0 radical (unpaired) electrons. The van der Waals surface area contributed by atoms with Crippen molar-refractivity contribution in [3.8, 4) is 0 Å². The summed E-state index contributed by atoms with van der Waals surface area (Å²) in [6.07, 6.45) is -0.0125. The summed E-state index contributed by atoms with van der Waals surface area (Å²) in [6, 6.07) is 0. The second kappa shape index (κ2) is 5.25. The van der Waals surface area contributed by atoms with Crippen LogP contribution >= 0.6 is 0 Å². The van der Waals surface area contributed by atoms with Crippen LogP contribution in [0.4, 0.5) is 13.2 Å². The maximum Gasteiger partial charge on any atom is 0.471 e. The van der Waals surface area contributed by atoms with Crippen molar-refractivity contribution >= 4 is 5.91 Å². The summed E-state index contributed by atoms with van der Waals surface area (Å²) < 4.78 is 36.3. The molecule has 1 fully saturated rings. The maximum absolute atomic E-state index is 12.1. The third-order valence-electron chi connectivity index (χ3n) is 3.57. The fourth-order valence-electron chi connectivity index (χ4n) is 2.34. The number of carbonyl (C=O) groups excluding carboxylic acids is 1. The monoisotopic (exact) mass is 252 g/mol. The third kappa shape index (κ3) is 3.59. The van der Waals surface area contributed by atoms with Crippen LogP contribution in [0.2, 0.25) is 0 Å². The highest BCUT2D eigenvalue weighted by molar-refractivity contribution is 5.81. The molecule has 0 unspecified atom stereocenters. The predicted octanol–water partition coefficient (Wildman–Crippen LogP) is 1.93. The summed E-state index contributed by atoms with van der Waals surface area (Å²) in [4.78, 5) is 12.8. The number of rotatable bonds is 3. The summed E-state index contributed by atoms with van der Waals surface area (Å²) >= 11 is 0. The Kier molecular flexibility index (Phi) is 4.41. The fourth-order valence-corrected chi connectivity index (χ4v) is 2.34. The molecule has 0 aromatic carbocycles. The zero-order valence-electron chi connectivity index (χ0n) is 10.2. The van der Waals surface area contributed by atoms with E-state index in [1.807, 2.05) is 24.3 Å². The largest absolute Gasteiger partial charge is 0.471 e. The minimum absolute atomic E-state index is 0.0678. The van der Waals surface area contributed by atoms with Gasteiger partial charge in [0.25, 0.3) is 0 Å². The number of alkyl halides is 3. The van der Waals surface area contributed by atoms with Gasteiger partial charge in [-0.25, -0.2) is 0 Å². The van der Waals surface area contributed by atoms with Crippen LogP contribution in [0.3, 0.4) is 0 Å². The first-order valence-corrected chi connectivity index (χ1v) is 5.80. The predicted molar refractivity (Wildman–Crippen MR) is 58.6 cm³/mol. The maximum atomic E-state index is 12.1. The molecule has 1 aliphatic carbocycles. The van der Waals surface area contributed by atoms with Gasteiger partial charge >= 0.3 is 12.1 Å². The van der Waals surface area contributed by atoms with Gasteiger partial charge in [0.2, 0.25) is 0 Å². The number of amides is 1. The number of likely N-dealkylation sites (N-methyl/N-ethyl adjacent to an activating group) is 1. The molecule has 0 aromatic rings. The van der Waals surface area contributed by atoms with Crippen LogP contribution in [0.5, 0.6) is 0 Å². The van der Waals surface area contributed by atoms with E-state index in [1.165, 1.54) is 0 Å². The lowest BCUT2D eigenvalue weighted by Crippen LogP contribution is -2.55. The van der Waals surface area contributed by atoms with E-state index in [2.05, 4.69) is 0 Å². The Morgan fingerprint density at radius 3 is 2.18 bits per heavy atom. The Labute approximate surface area is 99.4 Å². The molecule has 1 amide bonds. The SMILES string of the molecule is CN(C)C1(CNC(=O)C(F)(F)F)CCCCC1. The van der Waals surface area contributed by atoms with Gasteiger partial charge in [-0.05, 0) is 26.9 Å². The first-order chi connectivity index (χ1) is 7.78. The van der Waals surface area contributed by atoms with Crippen molar-refractivity contribution in [3.63, 3.8) is 0 Å². The van der Waals surface area contributed by atoms with Crippen molar-refractivity contribution in [3.05, 3.63) is 0 Å². The molecule has 17 heavy (non-hydrogen) atoms. The zero-order chi connectivity index (χ0) is 13.1. The number of hydrogen-bond donors (Lipinski definition) is 1. The van der Waals surface area contributed by atoms with Crippen LogP contribution in [-0.2, 0) is 4.79 Å². The van der Waals surface area contributed by atoms with E-state index >= 15 is 0 Å². The standard InChI is InChI=1S/C11H19F3N2O/c1-16(2)10(6-4-3-5-7-10)8-15-9(17)11(12,13)14/h3-8H2,1-2H3,(H,15,17). The minimum atomic E-state index is -4.79. The smallest absolute Gasteiger partial charge is 0.346 e. The average Bonchev–Trinajstić information content (AvgIpc) is 2.25. The lowest BCUT2D eigenvalue weighted by atomic mass is 9.80. The van der Waals surface area contributed by atoms with Gasteiger partial charge < -0.3 is 10.2 Å². The molecule has 1 N–H and O–H groups in total. The van der Waals surface area contributed by atoms with E-state index in [9.17, 15) is 18.0 Å². The first-order valence-electron chi connectivity index (χ1n) is 5.80. The molecular formula is C11H19F3N2O. The Bertz CT molecular complexity index is 270. The summed E-state index contributed by atoms with van der Waals surface area (Å²) in [5.41, 5.74) is -0.320. The molecular weight excluding hydrogens is 233 g/mol. The molecule has 0 saturated heterocycles. The Morgan fingerprint density at radius 1 is 1.24 bits per heavy atom. The van der Waals surface area contributed by atoms with E-state index in [1.54, 1.807) is 0 Å². The van der Waals surface area contributed by atoms with Gasteiger partial charge in [0.1, 0.15) is 0 Å². The molecule has 1 aliphatic rings. The van der Waals surface area contributed by atoms with Crippen molar-refractivity contribution < 1.29 is 18.0 Å². The highest BCUT2D eigenvalue weighted by Crippen LogP contribution is 2.31. The van der Waals surface area contributed by atoms with Gasteiger partial charge in [0, 0.05) is 12.1 Å². The molecule has 0 heterocycles. The first kappa shape index (κ1) is 14.3. The van der Waals surface area contributed by atoms with Gasteiger partial charge in [-0.1, -0.05) is 19.3 Å². The normalized spacial score (nSPS) is 20.4. The van der Waals surface area contributed by atoms with Crippen LogP contribution < -0.4 is 5.32 Å². The zero-order valence-corrected chi connectivity index (χ0v) is 10.2. The summed E-state index contributed by atoms with van der Waals surface area (Å²) in [6.45, 7) is 0.0678. The molecule has 0 aromatic heterocycles. The molecule has 0 atom stereocenters. The highest BCUT2D eigenvalue weighted by Gasteiger charge is 2.41. The lowest BCUT2D eigenvalue weighted by Gasteiger charge is -2.43. The van der Waals surface area contributed by atoms with E-state index in [0.29, 0.717) is 0 Å². The van der Waals surface area contributed by atoms with E-state index in [-0.39, 0.29) is 12.1 Å². The van der Waals surface area contributed by atoms with Crippen molar-refractivity contribution in [2.24, 2.45) is 0 Å². The van der Waals surface area contributed by atoms with Crippen LogP contribution in [0.1, 0.15) is 32.1 Å². The summed E-state index contributed by atoms with van der Waals surface area (Å²) in [7, 11) is 3.70. The Morgan fingerprint density at radius 2 is 1.76 bits per heavy atom. The van der Waals surface area contributed by atoms with Gasteiger partial charge in [0.15, 0.2) is 0 Å². The summed E-state index contributed by atoms with van der Waals surface area (Å²) in [5.74, 6) is -1.84. The molecule has 0 spiro atoms. The highest BCUT2D eigenvalue weighted by atomic mass is 19.4. The molecule has 1 rings (SSSR count). The Balaban J connectivity index is 2.59. The number of halogens is 3. The third-order valence-corrected chi connectivity index (χ3v) is 3.57. The molecule has 3 nitrogen and oxygen atoms in total. The molecule has 0 aliphatic heterocycles. The van der Waals surface area contributed by atoms with E-state index in [0.717, 1.165) is 32.1 Å². The summed E-state index contributed by atoms with van der Waals surface area (Å²) in [5, 5.41) is 2.01. The van der Waals surface area contributed by atoms with Gasteiger partial charge in [-0.15, -0.1) is 0 Å². The van der Waals surface area contributed by atoms with Gasteiger partial charge in [0.05, 0.1) is 0 Å². The topological polar surface area (TPSA) is 32.3 Å². The van der Waals surface area contributed by atoms with Gasteiger partial charge in [-0.3, -0.25) is 4.79 Å². The van der Waals surface area contributed by atoms with Crippen molar-refractivity contribution in [1.82, 2.24) is 10.2 Å². The van der Waals surface area contributed by atoms with E-state index in [4.69, 9.17) is 0 Å². The van der Waals surface area contributed by atoms with Crippen LogP contribution in [0, 0.1) is 0 Å². The van der Waals surface area contributed by atoms with Gasteiger partial charge in [-0.2, -0.15) is 13.2 Å². The second-order valence-electron chi connectivity index (χ2n) is 4.86. The second-order valence-corrected chi connectivity index (χ2v) is 4.86. The molecule has 6 heteroatoms. The van der Waals surface area contributed by atoms with Crippen LogP contribution in [-0.4, -0.2) is 43.2 Å². The lowest BCUT2D eigenvalue weighted by molar-refractivity contribution is -0.174. The van der Waals surface area contributed by atoms with Crippen LogP contribution in [0.25, 0.3) is 0 Å². The Hall–Kier alpha value is -0.780.